The number of nitrogens with one attached hydrogen (secondary N) is 1. The molecule has 2 amide bonds. The van der Waals surface area contributed by atoms with Crippen LogP contribution in [0.25, 0.3) is 10.9 Å². The molecule has 0 radical (unpaired) electrons. The number of likely N-dealkylation sites (N-methyl/N-ethyl adjacent to an activating group) is 1. The van der Waals surface area contributed by atoms with E-state index in [0.717, 1.165) is 30.3 Å². The molecule has 0 aromatic carbocycles. The van der Waals surface area contributed by atoms with Gasteiger partial charge in [0.1, 0.15) is 5.69 Å². The second-order valence-electron chi connectivity index (χ2n) is 6.85. The molecule has 2 aromatic heterocycles. The first kappa shape index (κ1) is 16.1. The summed E-state index contributed by atoms with van der Waals surface area (Å²) in [6, 6.07) is 3.75. The number of aromatic amines is 1. The molecule has 7 heteroatoms. The molecule has 0 aliphatic carbocycles. The van der Waals surface area contributed by atoms with E-state index in [-0.39, 0.29) is 17.9 Å². The first-order chi connectivity index (χ1) is 12.1. The Morgan fingerprint density at radius 1 is 1.12 bits per heavy atom. The number of hydrogen-bond acceptors (Lipinski definition) is 4. The average Bonchev–Trinajstić information content (AvgIpc) is 3.29. The summed E-state index contributed by atoms with van der Waals surface area (Å²) < 4.78 is 0. The zero-order valence-corrected chi connectivity index (χ0v) is 14.4. The van der Waals surface area contributed by atoms with Crippen molar-refractivity contribution in [3.8, 4) is 0 Å². The highest BCUT2D eigenvalue weighted by Crippen LogP contribution is 2.20. The predicted molar refractivity (Wildman–Crippen MR) is 94.2 cm³/mol. The van der Waals surface area contributed by atoms with Crippen LogP contribution in [0.2, 0.25) is 0 Å². The molecule has 2 aliphatic rings. The Bertz CT molecular complexity index is 794. The van der Waals surface area contributed by atoms with Crippen molar-refractivity contribution in [2.24, 2.45) is 0 Å². The number of rotatable bonds is 2. The third kappa shape index (κ3) is 2.89. The number of likely N-dealkylation sites (tertiary alicyclic amines) is 1. The van der Waals surface area contributed by atoms with Crippen LogP contribution in [0.15, 0.2) is 24.5 Å². The number of carbonyl (C=O) groups is 2. The number of fused-ring (bicyclic) bond motifs is 1. The first-order valence-corrected chi connectivity index (χ1v) is 8.85. The maximum Gasteiger partial charge on any atom is 0.273 e. The molecule has 7 nitrogen and oxygen atoms in total. The van der Waals surface area contributed by atoms with Gasteiger partial charge in [0.05, 0.1) is 6.04 Å². The Morgan fingerprint density at radius 3 is 2.60 bits per heavy atom. The summed E-state index contributed by atoms with van der Waals surface area (Å²) in [6.45, 7) is 3.30. The van der Waals surface area contributed by atoms with E-state index in [1.165, 1.54) is 0 Å². The van der Waals surface area contributed by atoms with Gasteiger partial charge in [-0.05, 0) is 38.6 Å². The molecule has 2 saturated heterocycles. The van der Waals surface area contributed by atoms with Crippen LogP contribution in [0.3, 0.4) is 0 Å². The monoisotopic (exact) mass is 341 g/mol. The molecule has 0 bridgehead atoms. The van der Waals surface area contributed by atoms with Gasteiger partial charge in [-0.2, -0.15) is 0 Å². The molecule has 2 fully saturated rings. The van der Waals surface area contributed by atoms with Gasteiger partial charge in [0, 0.05) is 49.5 Å². The Kier molecular flexibility index (Phi) is 4.17. The van der Waals surface area contributed by atoms with Crippen LogP contribution in [0.1, 0.15) is 23.3 Å². The molecule has 132 valence electrons. The zero-order valence-electron chi connectivity index (χ0n) is 14.4. The molecule has 4 heterocycles. The SMILES string of the molecule is CN1CCCC1C(=O)N1CCN(C(=O)c2nccc3[nH]ccc23)CC1. The highest BCUT2D eigenvalue weighted by atomic mass is 16.2. The number of hydrogen-bond donors (Lipinski definition) is 1. The van der Waals surface area contributed by atoms with Crippen LogP contribution >= 0.6 is 0 Å². The Labute approximate surface area is 146 Å². The number of nitrogens with zero attached hydrogens (tertiary/aromatic N) is 4. The van der Waals surface area contributed by atoms with Crippen LogP contribution < -0.4 is 0 Å². The van der Waals surface area contributed by atoms with Gasteiger partial charge in [0.15, 0.2) is 0 Å². The lowest BCUT2D eigenvalue weighted by molar-refractivity contribution is -0.137. The summed E-state index contributed by atoms with van der Waals surface area (Å²) in [5.74, 6) is 0.147. The fraction of sp³-hybridized carbons (Fsp3) is 0.500. The molecular formula is C18H23N5O2. The van der Waals surface area contributed by atoms with E-state index in [1.54, 1.807) is 11.1 Å². The molecule has 2 aliphatic heterocycles. The second kappa shape index (κ2) is 6.48. The van der Waals surface area contributed by atoms with Crippen molar-refractivity contribution >= 4 is 22.7 Å². The quantitative estimate of drug-likeness (QED) is 0.882. The summed E-state index contributed by atoms with van der Waals surface area (Å²) in [5, 5.41) is 0.846. The molecule has 1 N–H and O–H groups in total. The van der Waals surface area contributed by atoms with Crippen molar-refractivity contribution in [1.29, 1.82) is 0 Å². The highest BCUT2D eigenvalue weighted by Gasteiger charge is 2.33. The minimum Gasteiger partial charge on any atom is -0.361 e. The van der Waals surface area contributed by atoms with Crippen molar-refractivity contribution in [2.45, 2.75) is 18.9 Å². The lowest BCUT2D eigenvalue weighted by Crippen LogP contribution is -2.54. The fourth-order valence-electron chi connectivity index (χ4n) is 3.87. The molecule has 0 spiro atoms. The summed E-state index contributed by atoms with van der Waals surface area (Å²) in [4.78, 5) is 38.7. The smallest absolute Gasteiger partial charge is 0.273 e. The number of carbonyl (C=O) groups excluding carboxylic acids is 2. The van der Waals surface area contributed by atoms with Gasteiger partial charge in [-0.3, -0.25) is 19.5 Å². The molecule has 1 atom stereocenters. The minimum absolute atomic E-state index is 0.0116. The third-order valence-electron chi connectivity index (χ3n) is 5.37. The van der Waals surface area contributed by atoms with E-state index in [9.17, 15) is 9.59 Å². The summed E-state index contributed by atoms with van der Waals surface area (Å²) in [5.41, 5.74) is 1.39. The van der Waals surface area contributed by atoms with Crippen LogP contribution in [0.5, 0.6) is 0 Å². The fourth-order valence-corrected chi connectivity index (χ4v) is 3.87. The third-order valence-corrected chi connectivity index (χ3v) is 5.37. The zero-order chi connectivity index (χ0) is 17.4. The van der Waals surface area contributed by atoms with Crippen LogP contribution in [-0.4, -0.2) is 82.3 Å². The molecular weight excluding hydrogens is 318 g/mol. The average molecular weight is 341 g/mol. The molecule has 0 saturated carbocycles. The van der Waals surface area contributed by atoms with Crippen molar-refractivity contribution in [3.05, 3.63) is 30.2 Å². The van der Waals surface area contributed by atoms with Gasteiger partial charge in [-0.1, -0.05) is 0 Å². The van der Waals surface area contributed by atoms with Gasteiger partial charge in [-0.15, -0.1) is 0 Å². The maximum absolute atomic E-state index is 12.8. The largest absolute Gasteiger partial charge is 0.361 e. The van der Waals surface area contributed by atoms with Gasteiger partial charge < -0.3 is 14.8 Å². The van der Waals surface area contributed by atoms with E-state index < -0.39 is 0 Å². The van der Waals surface area contributed by atoms with Gasteiger partial charge in [0.2, 0.25) is 5.91 Å². The van der Waals surface area contributed by atoms with Gasteiger partial charge >= 0.3 is 0 Å². The van der Waals surface area contributed by atoms with Crippen LogP contribution in [0.4, 0.5) is 0 Å². The van der Waals surface area contributed by atoms with Crippen LogP contribution in [0, 0.1) is 0 Å². The predicted octanol–water partition coefficient (Wildman–Crippen LogP) is 0.941. The Balaban J connectivity index is 1.42. The molecule has 2 aromatic rings. The summed E-state index contributed by atoms with van der Waals surface area (Å²) in [7, 11) is 2.01. The van der Waals surface area contributed by atoms with Crippen molar-refractivity contribution in [1.82, 2.24) is 24.7 Å². The first-order valence-electron chi connectivity index (χ1n) is 8.85. The second-order valence-corrected chi connectivity index (χ2v) is 6.85. The number of H-pyrrole nitrogens is 1. The van der Waals surface area contributed by atoms with Crippen molar-refractivity contribution < 1.29 is 9.59 Å². The lowest BCUT2D eigenvalue weighted by Gasteiger charge is -2.36. The van der Waals surface area contributed by atoms with Crippen molar-refractivity contribution in [2.75, 3.05) is 39.8 Å². The van der Waals surface area contributed by atoms with Crippen molar-refractivity contribution in [3.63, 3.8) is 0 Å². The lowest BCUT2D eigenvalue weighted by atomic mass is 10.1. The highest BCUT2D eigenvalue weighted by molar-refractivity contribution is 6.04. The minimum atomic E-state index is -0.0599. The molecule has 1 unspecified atom stereocenters. The Morgan fingerprint density at radius 2 is 1.88 bits per heavy atom. The van der Waals surface area contributed by atoms with Gasteiger partial charge in [0.25, 0.3) is 5.91 Å². The Hall–Kier alpha value is -2.41. The van der Waals surface area contributed by atoms with E-state index in [1.807, 2.05) is 30.3 Å². The van der Waals surface area contributed by atoms with Crippen LogP contribution in [-0.2, 0) is 4.79 Å². The maximum atomic E-state index is 12.8. The summed E-state index contributed by atoms with van der Waals surface area (Å²) in [6.07, 6.45) is 5.49. The summed E-state index contributed by atoms with van der Waals surface area (Å²) >= 11 is 0. The normalized spacial score (nSPS) is 21.9. The van der Waals surface area contributed by atoms with E-state index >= 15 is 0 Å². The number of piperazine rings is 1. The number of amides is 2. The molecule has 4 rings (SSSR count). The number of pyridine rings is 1. The van der Waals surface area contributed by atoms with E-state index in [4.69, 9.17) is 0 Å². The standard InChI is InChI=1S/C18H23N5O2/c1-21-8-2-3-15(21)17(24)22-9-11-23(12-10-22)18(25)16-13-4-6-19-14(13)5-7-20-16/h4-7,15,19H,2-3,8-12H2,1H3. The van der Waals surface area contributed by atoms with E-state index in [0.29, 0.717) is 31.9 Å². The molecule has 25 heavy (non-hydrogen) atoms. The van der Waals surface area contributed by atoms with E-state index in [2.05, 4.69) is 14.9 Å². The topological polar surface area (TPSA) is 72.5 Å². The van der Waals surface area contributed by atoms with Gasteiger partial charge in [-0.25, -0.2) is 0 Å². The number of aromatic nitrogens is 2.